The number of aromatic nitrogens is 2. The molecular formula is C20H22N6O5. The van der Waals surface area contributed by atoms with E-state index >= 15 is 0 Å². The standard InChI is InChI=1S/C20H22N6O5/c1-27-13-7-5-11(9-15(13)29-3)25-17(21)18(22)26(20-19(25)23-31-24-20)12-6-8-14(28-2)16(10-12)30-4/h5-10H,21-22H2,1-4H3. The lowest BCUT2D eigenvalue weighted by atomic mass is 10.2. The normalized spacial score (nSPS) is 13.2. The summed E-state index contributed by atoms with van der Waals surface area (Å²) in [6, 6.07) is 10.6. The molecule has 1 aromatic heterocycles. The molecule has 0 amide bonds. The van der Waals surface area contributed by atoms with Gasteiger partial charge >= 0.3 is 0 Å². The second-order valence-corrected chi connectivity index (χ2v) is 6.43. The molecule has 11 heteroatoms. The molecule has 31 heavy (non-hydrogen) atoms. The minimum absolute atomic E-state index is 0.227. The van der Waals surface area contributed by atoms with Crippen LogP contribution in [0.5, 0.6) is 23.0 Å². The number of anilines is 4. The molecule has 0 saturated heterocycles. The molecule has 1 aliphatic rings. The zero-order chi connectivity index (χ0) is 22.1. The second-order valence-electron chi connectivity index (χ2n) is 6.43. The maximum absolute atomic E-state index is 6.45. The average Bonchev–Trinajstić information content (AvgIpc) is 3.27. The van der Waals surface area contributed by atoms with Crippen molar-refractivity contribution in [3.8, 4) is 23.0 Å². The highest BCUT2D eigenvalue weighted by molar-refractivity contribution is 5.84. The number of methoxy groups -OCH3 is 4. The number of fused-ring (bicyclic) bond motifs is 1. The van der Waals surface area contributed by atoms with Crippen molar-refractivity contribution < 1.29 is 23.6 Å². The number of nitrogens with two attached hydrogens (primary N) is 2. The molecular weight excluding hydrogens is 404 g/mol. The highest BCUT2D eigenvalue weighted by Gasteiger charge is 2.35. The van der Waals surface area contributed by atoms with Gasteiger partial charge in [0.2, 0.25) is 11.6 Å². The van der Waals surface area contributed by atoms with E-state index in [1.54, 1.807) is 74.6 Å². The molecule has 0 unspecified atom stereocenters. The number of hydrogen-bond acceptors (Lipinski definition) is 11. The third kappa shape index (κ3) is 3.16. The van der Waals surface area contributed by atoms with Gasteiger partial charge in [-0.1, -0.05) is 0 Å². The Hall–Kier alpha value is -4.28. The smallest absolute Gasteiger partial charge is 0.229 e. The van der Waals surface area contributed by atoms with E-state index in [2.05, 4.69) is 10.3 Å². The molecule has 0 bridgehead atoms. The predicted octanol–water partition coefficient (Wildman–Crippen LogP) is 2.44. The third-order valence-corrected chi connectivity index (χ3v) is 4.87. The van der Waals surface area contributed by atoms with E-state index in [9.17, 15) is 0 Å². The first-order valence-electron chi connectivity index (χ1n) is 9.16. The Bertz CT molecular complexity index is 1060. The second kappa shape index (κ2) is 7.86. The molecule has 3 aromatic rings. The van der Waals surface area contributed by atoms with Crippen molar-refractivity contribution in [2.24, 2.45) is 11.5 Å². The summed E-state index contributed by atoms with van der Waals surface area (Å²) in [5.41, 5.74) is 14.2. The predicted molar refractivity (Wildman–Crippen MR) is 113 cm³/mol. The van der Waals surface area contributed by atoms with Gasteiger partial charge in [-0.3, -0.25) is 9.80 Å². The largest absolute Gasteiger partial charge is 0.493 e. The number of rotatable bonds is 6. The van der Waals surface area contributed by atoms with Gasteiger partial charge in [-0.15, -0.1) is 0 Å². The molecule has 162 valence electrons. The monoisotopic (exact) mass is 426 g/mol. The Morgan fingerprint density at radius 1 is 0.645 bits per heavy atom. The highest BCUT2D eigenvalue weighted by Crippen LogP contribution is 2.45. The maximum Gasteiger partial charge on any atom is 0.229 e. The molecule has 2 aromatic carbocycles. The maximum atomic E-state index is 6.45. The van der Waals surface area contributed by atoms with Gasteiger partial charge in [-0.25, -0.2) is 4.63 Å². The number of benzene rings is 2. The van der Waals surface area contributed by atoms with Gasteiger partial charge in [0.25, 0.3) is 0 Å². The zero-order valence-electron chi connectivity index (χ0n) is 17.4. The fourth-order valence-electron chi connectivity index (χ4n) is 3.37. The highest BCUT2D eigenvalue weighted by atomic mass is 16.6. The van der Waals surface area contributed by atoms with Crippen LogP contribution in [0.4, 0.5) is 23.0 Å². The van der Waals surface area contributed by atoms with Crippen LogP contribution in [-0.2, 0) is 0 Å². The van der Waals surface area contributed by atoms with Crippen molar-refractivity contribution in [2.75, 3.05) is 38.2 Å². The molecule has 1 aliphatic heterocycles. The van der Waals surface area contributed by atoms with Gasteiger partial charge in [-0.2, -0.15) is 0 Å². The van der Waals surface area contributed by atoms with Gasteiger partial charge in [0, 0.05) is 12.1 Å². The third-order valence-electron chi connectivity index (χ3n) is 4.87. The summed E-state index contributed by atoms with van der Waals surface area (Å²) in [6.07, 6.45) is 0. The first-order chi connectivity index (χ1) is 15.0. The van der Waals surface area contributed by atoms with E-state index in [1.165, 1.54) is 0 Å². The van der Waals surface area contributed by atoms with Crippen LogP contribution < -0.4 is 40.2 Å². The van der Waals surface area contributed by atoms with Crippen LogP contribution in [0, 0.1) is 0 Å². The van der Waals surface area contributed by atoms with Crippen molar-refractivity contribution >= 4 is 23.0 Å². The molecule has 11 nitrogen and oxygen atoms in total. The van der Waals surface area contributed by atoms with Crippen LogP contribution >= 0.6 is 0 Å². The molecule has 2 heterocycles. The summed E-state index contributed by atoms with van der Waals surface area (Å²) in [4.78, 5) is 3.25. The minimum atomic E-state index is 0.227. The molecule has 0 aliphatic carbocycles. The van der Waals surface area contributed by atoms with Crippen molar-refractivity contribution in [1.82, 2.24) is 10.3 Å². The molecule has 0 atom stereocenters. The van der Waals surface area contributed by atoms with E-state index in [0.717, 1.165) is 0 Å². The fraction of sp³-hybridized carbons (Fsp3) is 0.200. The number of nitrogens with zero attached hydrogens (tertiary/aromatic N) is 4. The summed E-state index contributed by atoms with van der Waals surface area (Å²) in [5, 5.41) is 8.10. The van der Waals surface area contributed by atoms with E-state index in [1.807, 2.05) is 0 Å². The Labute approximate surface area is 178 Å². The van der Waals surface area contributed by atoms with E-state index in [4.69, 9.17) is 35.0 Å². The number of hydrogen-bond donors (Lipinski definition) is 2. The van der Waals surface area contributed by atoms with Crippen LogP contribution in [-0.4, -0.2) is 38.8 Å². The van der Waals surface area contributed by atoms with Gasteiger partial charge in [-0.05, 0) is 34.6 Å². The lowest BCUT2D eigenvalue weighted by Crippen LogP contribution is -2.38. The molecule has 0 radical (unpaired) electrons. The van der Waals surface area contributed by atoms with Crippen LogP contribution in [0.15, 0.2) is 52.7 Å². The summed E-state index contributed by atoms with van der Waals surface area (Å²) in [7, 11) is 6.22. The lowest BCUT2D eigenvalue weighted by molar-refractivity contribution is 0.309. The van der Waals surface area contributed by atoms with Crippen LogP contribution in [0.25, 0.3) is 0 Å². The van der Waals surface area contributed by atoms with Crippen LogP contribution in [0.1, 0.15) is 0 Å². The van der Waals surface area contributed by atoms with Crippen molar-refractivity contribution in [3.63, 3.8) is 0 Å². The summed E-state index contributed by atoms with van der Waals surface area (Å²) >= 11 is 0. The first kappa shape index (κ1) is 20.0. The summed E-state index contributed by atoms with van der Waals surface area (Å²) < 4.78 is 26.5. The van der Waals surface area contributed by atoms with Crippen LogP contribution in [0.3, 0.4) is 0 Å². The Morgan fingerprint density at radius 2 is 1.03 bits per heavy atom. The van der Waals surface area contributed by atoms with E-state index in [0.29, 0.717) is 46.0 Å². The number of ether oxygens (including phenoxy) is 4. The zero-order valence-corrected chi connectivity index (χ0v) is 17.4. The molecule has 0 spiro atoms. The van der Waals surface area contributed by atoms with E-state index < -0.39 is 0 Å². The Balaban J connectivity index is 1.84. The molecule has 4 N–H and O–H groups in total. The van der Waals surface area contributed by atoms with Gasteiger partial charge < -0.3 is 30.4 Å². The van der Waals surface area contributed by atoms with Crippen molar-refractivity contribution in [3.05, 3.63) is 48.0 Å². The summed E-state index contributed by atoms with van der Waals surface area (Å²) in [6.45, 7) is 0. The van der Waals surface area contributed by atoms with E-state index in [-0.39, 0.29) is 11.6 Å². The minimum Gasteiger partial charge on any atom is -0.493 e. The first-order valence-corrected chi connectivity index (χ1v) is 9.16. The molecule has 4 rings (SSSR count). The average molecular weight is 426 g/mol. The SMILES string of the molecule is COc1ccc(N2C(N)=C(N)N(c3ccc(OC)c(OC)c3)c3nonc32)cc1OC. The van der Waals surface area contributed by atoms with Gasteiger partial charge in [0.15, 0.2) is 34.6 Å². The molecule has 0 fully saturated rings. The Morgan fingerprint density at radius 3 is 1.39 bits per heavy atom. The van der Waals surface area contributed by atoms with Gasteiger partial charge in [0.1, 0.15) is 0 Å². The van der Waals surface area contributed by atoms with Gasteiger partial charge in [0.05, 0.1) is 39.8 Å². The van der Waals surface area contributed by atoms with Crippen molar-refractivity contribution in [1.29, 1.82) is 0 Å². The van der Waals surface area contributed by atoms with Crippen molar-refractivity contribution in [2.45, 2.75) is 0 Å². The summed E-state index contributed by atoms with van der Waals surface area (Å²) in [5.74, 6) is 3.35. The lowest BCUT2D eigenvalue weighted by Gasteiger charge is -2.34. The topological polar surface area (TPSA) is 134 Å². The quantitative estimate of drug-likeness (QED) is 0.602. The Kier molecular flexibility index (Phi) is 5.07. The molecule has 0 saturated carbocycles. The van der Waals surface area contributed by atoms with Crippen LogP contribution in [0.2, 0.25) is 0 Å². The fourth-order valence-corrected chi connectivity index (χ4v) is 3.37.